The van der Waals surface area contributed by atoms with Crippen molar-refractivity contribution in [2.75, 3.05) is 11.9 Å². The van der Waals surface area contributed by atoms with Crippen LogP contribution in [0.25, 0.3) is 16.6 Å². The molecule has 9 heteroatoms. The molecule has 5 rings (SSSR count). The molecule has 1 saturated heterocycles. The minimum absolute atomic E-state index is 0.0193. The monoisotopic (exact) mass is 468 g/mol. The summed E-state index contributed by atoms with van der Waals surface area (Å²) in [4.78, 5) is 48.8. The van der Waals surface area contributed by atoms with Gasteiger partial charge < -0.3 is 9.88 Å². The highest BCUT2D eigenvalue weighted by Crippen LogP contribution is 2.45. The van der Waals surface area contributed by atoms with Gasteiger partial charge >= 0.3 is 0 Å². The Labute approximate surface area is 177 Å². The number of fused-ring (bicyclic) bond motifs is 2. The number of rotatable bonds is 2. The number of carbonyl (C=O) groups is 3. The summed E-state index contributed by atoms with van der Waals surface area (Å²) < 4.78 is 0.790. The van der Waals surface area contributed by atoms with Crippen molar-refractivity contribution in [3.8, 4) is 0 Å². The molecule has 1 aromatic heterocycles. The van der Waals surface area contributed by atoms with Crippen molar-refractivity contribution in [1.82, 2.24) is 14.9 Å². The molecule has 0 aliphatic carbocycles. The molecule has 0 bridgehead atoms. The molecule has 0 atom stereocenters. The van der Waals surface area contributed by atoms with Crippen LogP contribution in [0.4, 0.5) is 10.5 Å². The number of nitrogens with zero attached hydrogens (tertiary/aromatic N) is 3. The van der Waals surface area contributed by atoms with E-state index < -0.39 is 11.1 Å². The van der Waals surface area contributed by atoms with E-state index in [1.54, 1.807) is 13.1 Å². The summed E-state index contributed by atoms with van der Waals surface area (Å²) >= 11 is 4.20. The maximum Gasteiger partial charge on any atom is 0.294 e. The number of thioether (sulfide) groups is 1. The van der Waals surface area contributed by atoms with Gasteiger partial charge in [-0.3, -0.25) is 19.3 Å². The molecule has 0 radical (unpaired) electrons. The first-order chi connectivity index (χ1) is 13.9. The number of H-pyrrole nitrogens is 1. The molecule has 29 heavy (non-hydrogen) atoms. The van der Waals surface area contributed by atoms with Crippen LogP contribution >= 0.6 is 27.7 Å². The third-order valence-corrected chi connectivity index (χ3v) is 6.40. The first kappa shape index (κ1) is 18.1. The van der Waals surface area contributed by atoms with Crippen molar-refractivity contribution in [2.24, 2.45) is 0 Å². The lowest BCUT2D eigenvalue weighted by Gasteiger charge is -2.10. The number of halogens is 1. The summed E-state index contributed by atoms with van der Waals surface area (Å²) in [7, 11) is 1.65. The lowest BCUT2D eigenvalue weighted by molar-refractivity contribution is -0.123. The average molecular weight is 469 g/mol. The first-order valence-corrected chi connectivity index (χ1v) is 10.3. The Morgan fingerprint density at radius 2 is 1.90 bits per heavy atom. The standard InChI is InChI=1S/C20H13BrN4O3S/c1-24-14-7-6-10(21)8-11(14)16(18(24)26)17-19(27)25(20(28)29-17)9-15-22-12-4-2-3-5-13(12)23-15/h2-8H,9H2,1H3,(H,22,23). The number of nitrogens with one attached hydrogen (secondary N) is 1. The Balaban J connectivity index is 1.54. The topological polar surface area (TPSA) is 86.4 Å². The molecule has 0 saturated carbocycles. The van der Waals surface area contributed by atoms with Gasteiger partial charge in [0.25, 0.3) is 17.1 Å². The molecule has 0 unspecified atom stereocenters. The van der Waals surface area contributed by atoms with Crippen LogP contribution in [0, 0.1) is 0 Å². The number of aromatic amines is 1. The highest BCUT2D eigenvalue weighted by Gasteiger charge is 2.43. The largest absolute Gasteiger partial charge is 0.340 e. The summed E-state index contributed by atoms with van der Waals surface area (Å²) in [6.45, 7) is 0.0193. The van der Waals surface area contributed by atoms with E-state index in [0.717, 1.165) is 32.2 Å². The number of carbonyl (C=O) groups excluding carboxylic acids is 3. The van der Waals surface area contributed by atoms with Crippen LogP contribution in [-0.2, 0) is 16.1 Å². The quantitative estimate of drug-likeness (QED) is 0.576. The smallest absolute Gasteiger partial charge is 0.294 e. The highest BCUT2D eigenvalue weighted by atomic mass is 79.9. The second-order valence-corrected chi connectivity index (χ2v) is 8.57. The van der Waals surface area contributed by atoms with E-state index in [1.165, 1.54) is 4.90 Å². The first-order valence-electron chi connectivity index (χ1n) is 8.73. The molecule has 144 valence electrons. The normalized spacial score (nSPS) is 19.0. The van der Waals surface area contributed by atoms with Gasteiger partial charge in [0.05, 0.1) is 33.7 Å². The van der Waals surface area contributed by atoms with E-state index in [1.807, 2.05) is 36.4 Å². The third kappa shape index (κ3) is 2.80. The van der Waals surface area contributed by atoms with Gasteiger partial charge in [-0.2, -0.15) is 0 Å². The van der Waals surface area contributed by atoms with Gasteiger partial charge in [-0.05, 0) is 42.1 Å². The molecule has 2 aliphatic heterocycles. The van der Waals surface area contributed by atoms with Crippen LogP contribution in [0.5, 0.6) is 0 Å². The lowest BCUT2D eigenvalue weighted by Crippen LogP contribution is -2.28. The Hall–Kier alpha value is -2.91. The van der Waals surface area contributed by atoms with Gasteiger partial charge in [0.1, 0.15) is 5.82 Å². The molecule has 7 nitrogen and oxygen atoms in total. The summed E-state index contributed by atoms with van der Waals surface area (Å²) in [6.07, 6.45) is 0. The predicted octanol–water partition coefficient (Wildman–Crippen LogP) is 3.91. The second-order valence-electron chi connectivity index (χ2n) is 6.69. The minimum atomic E-state index is -0.481. The van der Waals surface area contributed by atoms with Crippen molar-refractivity contribution in [1.29, 1.82) is 0 Å². The predicted molar refractivity (Wildman–Crippen MR) is 114 cm³/mol. The van der Waals surface area contributed by atoms with Crippen molar-refractivity contribution in [2.45, 2.75) is 6.54 Å². The molecular weight excluding hydrogens is 456 g/mol. The molecule has 1 N–H and O–H groups in total. The fraction of sp³-hybridized carbons (Fsp3) is 0.100. The third-order valence-electron chi connectivity index (χ3n) is 4.93. The Morgan fingerprint density at radius 3 is 2.69 bits per heavy atom. The number of hydrogen-bond acceptors (Lipinski definition) is 5. The number of amides is 3. The summed E-state index contributed by atoms with van der Waals surface area (Å²) in [5, 5.41) is -0.420. The van der Waals surface area contributed by atoms with Crippen LogP contribution in [-0.4, -0.2) is 39.0 Å². The number of para-hydroxylation sites is 2. The van der Waals surface area contributed by atoms with Crippen molar-refractivity contribution in [3.63, 3.8) is 0 Å². The van der Waals surface area contributed by atoms with E-state index in [-0.39, 0.29) is 22.9 Å². The van der Waals surface area contributed by atoms with Crippen molar-refractivity contribution < 1.29 is 14.4 Å². The van der Waals surface area contributed by atoms with Gasteiger partial charge in [-0.1, -0.05) is 28.1 Å². The molecule has 0 spiro atoms. The summed E-state index contributed by atoms with van der Waals surface area (Å²) in [6, 6.07) is 12.9. The van der Waals surface area contributed by atoms with Crippen LogP contribution in [0.15, 0.2) is 51.8 Å². The molecule has 1 fully saturated rings. The SMILES string of the molecule is CN1C(=O)C(=C2SC(=O)N(Cc3nc4ccccc4[nH]3)C2=O)c2cc(Br)ccc21. The molecule has 3 heterocycles. The van der Waals surface area contributed by atoms with E-state index in [9.17, 15) is 14.4 Å². The number of anilines is 1. The summed E-state index contributed by atoms with van der Waals surface area (Å²) in [5.41, 5.74) is 3.20. The zero-order chi connectivity index (χ0) is 20.3. The zero-order valence-electron chi connectivity index (χ0n) is 15.1. The Morgan fingerprint density at radius 1 is 1.10 bits per heavy atom. The number of hydrogen-bond donors (Lipinski definition) is 1. The van der Waals surface area contributed by atoms with Crippen LogP contribution in [0.3, 0.4) is 0 Å². The van der Waals surface area contributed by atoms with Crippen LogP contribution in [0.2, 0.25) is 0 Å². The van der Waals surface area contributed by atoms with Gasteiger partial charge in [0, 0.05) is 17.1 Å². The van der Waals surface area contributed by atoms with Gasteiger partial charge in [-0.15, -0.1) is 0 Å². The van der Waals surface area contributed by atoms with E-state index in [4.69, 9.17) is 0 Å². The number of aromatic nitrogens is 2. The van der Waals surface area contributed by atoms with Gasteiger partial charge in [0.15, 0.2) is 0 Å². The van der Waals surface area contributed by atoms with Gasteiger partial charge in [0.2, 0.25) is 0 Å². The fourth-order valence-corrected chi connectivity index (χ4v) is 4.82. The van der Waals surface area contributed by atoms with E-state index >= 15 is 0 Å². The molecule has 3 aromatic rings. The number of likely N-dealkylation sites (N-methyl/N-ethyl adjacent to an activating group) is 1. The van der Waals surface area contributed by atoms with Crippen LogP contribution in [0.1, 0.15) is 11.4 Å². The van der Waals surface area contributed by atoms with Crippen molar-refractivity contribution in [3.05, 3.63) is 63.2 Å². The number of imidazole rings is 1. The maximum absolute atomic E-state index is 13.1. The second kappa shape index (κ2) is 6.57. The molecule has 3 amide bonds. The lowest BCUT2D eigenvalue weighted by atomic mass is 10.1. The molecule has 2 aliphatic rings. The average Bonchev–Trinajstić information content (AvgIpc) is 3.31. The van der Waals surface area contributed by atoms with Crippen LogP contribution < -0.4 is 4.90 Å². The number of benzene rings is 2. The van der Waals surface area contributed by atoms with E-state index in [0.29, 0.717) is 17.1 Å². The molecular formula is C20H13BrN4O3S. The highest BCUT2D eigenvalue weighted by molar-refractivity contribution is 9.10. The zero-order valence-corrected chi connectivity index (χ0v) is 17.5. The van der Waals surface area contributed by atoms with E-state index in [2.05, 4.69) is 25.9 Å². The Bertz CT molecular complexity index is 1230. The van der Waals surface area contributed by atoms with Gasteiger partial charge in [-0.25, -0.2) is 4.98 Å². The maximum atomic E-state index is 13.1. The minimum Gasteiger partial charge on any atom is -0.340 e. The summed E-state index contributed by atoms with van der Waals surface area (Å²) in [5.74, 6) is -0.268. The fourth-order valence-electron chi connectivity index (χ4n) is 3.53. The number of imide groups is 1. The van der Waals surface area contributed by atoms with Crippen molar-refractivity contribution >= 4 is 67.0 Å². The Kier molecular flexibility index (Phi) is 4.11. The molecule has 2 aromatic carbocycles.